The smallest absolute Gasteiger partial charge is 0.147 e. The summed E-state index contributed by atoms with van der Waals surface area (Å²) >= 11 is 5.85. The van der Waals surface area contributed by atoms with E-state index in [0.29, 0.717) is 5.88 Å². The average molecular weight is 264 g/mol. The van der Waals surface area contributed by atoms with Gasteiger partial charge in [-0.1, -0.05) is 18.2 Å². The molecule has 18 heavy (non-hydrogen) atoms. The molecule has 2 aromatic rings. The quantitative estimate of drug-likeness (QED) is 0.793. The first-order valence-corrected chi connectivity index (χ1v) is 6.72. The van der Waals surface area contributed by atoms with E-state index in [9.17, 15) is 0 Å². The first-order valence-electron chi connectivity index (χ1n) is 6.18. The second-order valence-electron chi connectivity index (χ2n) is 4.51. The highest BCUT2D eigenvalue weighted by Gasteiger charge is 2.10. The minimum Gasteiger partial charge on any atom is -0.314 e. The Bertz CT molecular complexity index is 546. The van der Waals surface area contributed by atoms with E-state index in [2.05, 4.69) is 53.7 Å². The third-order valence-electron chi connectivity index (χ3n) is 3.27. The SMILES string of the molecule is CCn1c(CCl)nnc1Cc1ccc(C)c(C)c1. The summed E-state index contributed by atoms with van der Waals surface area (Å²) < 4.78 is 2.09. The van der Waals surface area contributed by atoms with Gasteiger partial charge in [0.15, 0.2) is 0 Å². The highest BCUT2D eigenvalue weighted by molar-refractivity contribution is 6.16. The number of hydrogen-bond acceptors (Lipinski definition) is 2. The highest BCUT2D eigenvalue weighted by atomic mass is 35.5. The summed E-state index contributed by atoms with van der Waals surface area (Å²) in [5.74, 6) is 2.24. The summed E-state index contributed by atoms with van der Waals surface area (Å²) in [4.78, 5) is 0. The zero-order chi connectivity index (χ0) is 13.1. The molecule has 0 aliphatic carbocycles. The fourth-order valence-corrected chi connectivity index (χ4v) is 2.26. The van der Waals surface area contributed by atoms with Gasteiger partial charge >= 0.3 is 0 Å². The molecule has 0 spiro atoms. The molecule has 0 saturated carbocycles. The predicted molar refractivity (Wildman–Crippen MR) is 74.0 cm³/mol. The van der Waals surface area contributed by atoms with Gasteiger partial charge in [-0.15, -0.1) is 21.8 Å². The Labute approximate surface area is 113 Å². The van der Waals surface area contributed by atoms with E-state index >= 15 is 0 Å². The van der Waals surface area contributed by atoms with E-state index in [1.54, 1.807) is 0 Å². The van der Waals surface area contributed by atoms with Gasteiger partial charge in [0.1, 0.15) is 11.6 Å². The lowest BCUT2D eigenvalue weighted by atomic mass is 10.0. The molecule has 1 aromatic carbocycles. The summed E-state index contributed by atoms with van der Waals surface area (Å²) in [6.07, 6.45) is 0.804. The van der Waals surface area contributed by atoms with Crippen molar-refractivity contribution in [3.8, 4) is 0 Å². The van der Waals surface area contributed by atoms with Crippen LogP contribution >= 0.6 is 11.6 Å². The highest BCUT2D eigenvalue weighted by Crippen LogP contribution is 2.14. The standard InChI is InChI=1S/C14H18ClN3/c1-4-18-13(16-17-14(18)9-15)8-12-6-5-10(2)11(3)7-12/h5-7H,4,8-9H2,1-3H3. The van der Waals surface area contributed by atoms with Crippen molar-refractivity contribution in [3.63, 3.8) is 0 Å². The Morgan fingerprint density at radius 2 is 1.83 bits per heavy atom. The zero-order valence-corrected chi connectivity index (χ0v) is 11.8. The first kappa shape index (κ1) is 13.1. The molecule has 0 saturated heterocycles. The van der Waals surface area contributed by atoms with Crippen LogP contribution in [0.1, 0.15) is 35.3 Å². The molecule has 96 valence electrons. The lowest BCUT2D eigenvalue weighted by Gasteiger charge is -2.07. The van der Waals surface area contributed by atoms with Crippen molar-refractivity contribution in [2.75, 3.05) is 0 Å². The van der Waals surface area contributed by atoms with Gasteiger partial charge < -0.3 is 4.57 Å². The predicted octanol–water partition coefficient (Wildman–Crippen LogP) is 3.24. The van der Waals surface area contributed by atoms with Crippen LogP contribution in [0.15, 0.2) is 18.2 Å². The van der Waals surface area contributed by atoms with Crippen molar-refractivity contribution in [1.82, 2.24) is 14.8 Å². The Kier molecular flexibility index (Phi) is 4.02. The van der Waals surface area contributed by atoms with Crippen LogP contribution in [0.5, 0.6) is 0 Å². The fourth-order valence-electron chi connectivity index (χ4n) is 2.06. The van der Waals surface area contributed by atoms with Crippen molar-refractivity contribution < 1.29 is 0 Å². The third kappa shape index (κ3) is 2.56. The summed E-state index contributed by atoms with van der Waals surface area (Å²) in [5.41, 5.74) is 3.89. The van der Waals surface area contributed by atoms with Crippen molar-refractivity contribution in [3.05, 3.63) is 46.5 Å². The Hall–Kier alpha value is -1.35. The molecule has 0 bridgehead atoms. The van der Waals surface area contributed by atoms with E-state index in [1.165, 1.54) is 16.7 Å². The molecular weight excluding hydrogens is 246 g/mol. The van der Waals surface area contributed by atoms with Gasteiger partial charge in [0.25, 0.3) is 0 Å². The van der Waals surface area contributed by atoms with Crippen LogP contribution in [0.4, 0.5) is 0 Å². The van der Waals surface area contributed by atoms with Gasteiger partial charge in [0, 0.05) is 13.0 Å². The van der Waals surface area contributed by atoms with E-state index in [1.807, 2.05) is 0 Å². The maximum atomic E-state index is 5.85. The molecule has 4 heteroatoms. The molecule has 0 unspecified atom stereocenters. The van der Waals surface area contributed by atoms with Gasteiger partial charge in [-0.05, 0) is 37.5 Å². The van der Waals surface area contributed by atoms with E-state index in [0.717, 1.165) is 24.6 Å². The molecule has 0 atom stereocenters. The summed E-state index contributed by atoms with van der Waals surface area (Å²) in [6.45, 7) is 7.20. The minimum atomic E-state index is 0.410. The molecular formula is C14H18ClN3. The number of halogens is 1. The lowest BCUT2D eigenvalue weighted by Crippen LogP contribution is -2.06. The summed E-state index contributed by atoms with van der Waals surface area (Å²) in [5, 5.41) is 8.36. The normalized spacial score (nSPS) is 10.9. The topological polar surface area (TPSA) is 30.7 Å². The first-order chi connectivity index (χ1) is 8.65. The van der Waals surface area contributed by atoms with Gasteiger partial charge in [-0.25, -0.2) is 0 Å². The van der Waals surface area contributed by atoms with Gasteiger partial charge in [0.05, 0.1) is 5.88 Å². The van der Waals surface area contributed by atoms with Crippen molar-refractivity contribution in [1.29, 1.82) is 0 Å². The number of alkyl halides is 1. The molecule has 1 heterocycles. The van der Waals surface area contributed by atoms with Crippen molar-refractivity contribution in [2.45, 2.75) is 39.6 Å². The van der Waals surface area contributed by atoms with Gasteiger partial charge in [-0.3, -0.25) is 0 Å². The van der Waals surface area contributed by atoms with E-state index in [-0.39, 0.29) is 0 Å². The maximum absolute atomic E-state index is 5.85. The molecule has 1 aromatic heterocycles. The van der Waals surface area contributed by atoms with Crippen LogP contribution in [0, 0.1) is 13.8 Å². The average Bonchev–Trinajstić information content (AvgIpc) is 2.75. The number of aromatic nitrogens is 3. The molecule has 0 fully saturated rings. The number of nitrogens with zero attached hydrogens (tertiary/aromatic N) is 3. The lowest BCUT2D eigenvalue weighted by molar-refractivity contribution is 0.686. The number of hydrogen-bond donors (Lipinski definition) is 0. The minimum absolute atomic E-state index is 0.410. The molecule has 2 rings (SSSR count). The monoisotopic (exact) mass is 263 g/mol. The van der Waals surface area contributed by atoms with Crippen LogP contribution in [0.3, 0.4) is 0 Å². The van der Waals surface area contributed by atoms with Gasteiger partial charge in [-0.2, -0.15) is 0 Å². The second-order valence-corrected chi connectivity index (χ2v) is 4.77. The second kappa shape index (κ2) is 5.53. The summed E-state index contributed by atoms with van der Waals surface area (Å²) in [6, 6.07) is 6.52. The summed E-state index contributed by atoms with van der Waals surface area (Å²) in [7, 11) is 0. The van der Waals surface area contributed by atoms with Crippen LogP contribution in [-0.2, 0) is 18.8 Å². The van der Waals surface area contributed by atoms with Crippen LogP contribution in [0.25, 0.3) is 0 Å². The Balaban J connectivity index is 2.28. The Morgan fingerprint density at radius 3 is 2.44 bits per heavy atom. The molecule has 0 N–H and O–H groups in total. The number of rotatable bonds is 4. The van der Waals surface area contributed by atoms with Crippen LogP contribution in [0.2, 0.25) is 0 Å². The van der Waals surface area contributed by atoms with Crippen LogP contribution < -0.4 is 0 Å². The Morgan fingerprint density at radius 1 is 1.11 bits per heavy atom. The van der Waals surface area contributed by atoms with Gasteiger partial charge in [0.2, 0.25) is 0 Å². The molecule has 3 nitrogen and oxygen atoms in total. The zero-order valence-electron chi connectivity index (χ0n) is 11.1. The molecule has 0 radical (unpaired) electrons. The van der Waals surface area contributed by atoms with E-state index in [4.69, 9.17) is 11.6 Å². The largest absolute Gasteiger partial charge is 0.314 e. The van der Waals surface area contributed by atoms with Crippen molar-refractivity contribution in [2.24, 2.45) is 0 Å². The molecule has 0 aliphatic rings. The number of aryl methyl sites for hydroxylation is 2. The van der Waals surface area contributed by atoms with Crippen LogP contribution in [-0.4, -0.2) is 14.8 Å². The fraction of sp³-hybridized carbons (Fsp3) is 0.429. The maximum Gasteiger partial charge on any atom is 0.147 e. The molecule has 0 aliphatic heterocycles. The molecule has 0 amide bonds. The van der Waals surface area contributed by atoms with E-state index < -0.39 is 0 Å². The van der Waals surface area contributed by atoms with Crippen molar-refractivity contribution >= 4 is 11.6 Å². The third-order valence-corrected chi connectivity index (χ3v) is 3.51. The number of benzene rings is 1.